The predicted molar refractivity (Wildman–Crippen MR) is 259 cm³/mol. The fraction of sp³-hybridized carbons (Fsp3) is 0.868. The Morgan fingerprint density at radius 2 is 0.806 bits per heavy atom. The van der Waals surface area contributed by atoms with Crippen LogP contribution in [-0.4, -0.2) is 98.3 Å². The van der Waals surface area contributed by atoms with Gasteiger partial charge in [0.05, 0.1) is 58.3 Å². The van der Waals surface area contributed by atoms with Crippen molar-refractivity contribution in [1.82, 2.24) is 4.90 Å². The molecule has 1 saturated heterocycles. The highest BCUT2D eigenvalue weighted by atomic mass is 16.6. The summed E-state index contributed by atoms with van der Waals surface area (Å²) in [5, 5.41) is 0. The maximum absolute atomic E-state index is 13.4. The fourth-order valence-electron chi connectivity index (χ4n) is 8.17. The van der Waals surface area contributed by atoms with Crippen molar-refractivity contribution in [2.75, 3.05) is 39.6 Å². The molecule has 0 aromatic heterocycles. The van der Waals surface area contributed by atoms with Crippen molar-refractivity contribution in [3.05, 3.63) is 0 Å². The second-order valence-corrected chi connectivity index (χ2v) is 18.8. The van der Waals surface area contributed by atoms with E-state index in [1.165, 1.54) is 37.5 Å². The van der Waals surface area contributed by atoms with Gasteiger partial charge in [-0.25, -0.2) is 0 Å². The van der Waals surface area contributed by atoms with E-state index in [1.807, 2.05) is 0 Å². The van der Waals surface area contributed by atoms with Gasteiger partial charge in [-0.15, -0.1) is 0 Å². The Bertz CT molecular complexity index is 1320. The molecule has 0 bridgehead atoms. The van der Waals surface area contributed by atoms with E-state index in [-0.39, 0.29) is 108 Å². The first-order valence-electron chi connectivity index (χ1n) is 26.7. The molecule has 1 rings (SSSR count). The maximum atomic E-state index is 13.4. The fourth-order valence-corrected chi connectivity index (χ4v) is 8.17. The lowest BCUT2D eigenvalue weighted by Crippen LogP contribution is -2.38. The Balaban J connectivity index is 2.82. The van der Waals surface area contributed by atoms with Gasteiger partial charge in [0.2, 0.25) is 5.91 Å². The van der Waals surface area contributed by atoms with Gasteiger partial charge >= 0.3 is 35.8 Å². The van der Waals surface area contributed by atoms with Crippen LogP contribution in [0.1, 0.15) is 234 Å². The predicted octanol–water partition coefficient (Wildman–Crippen LogP) is 11.2. The van der Waals surface area contributed by atoms with E-state index in [4.69, 9.17) is 28.4 Å². The average Bonchev–Trinajstić information content (AvgIpc) is 3.71. The van der Waals surface area contributed by atoms with E-state index in [9.17, 15) is 33.6 Å². The Hall–Kier alpha value is -3.71. The molecule has 3 unspecified atom stereocenters. The number of rotatable bonds is 43. The number of amides is 1. The molecular weight excluding hydrogens is 859 g/mol. The van der Waals surface area contributed by atoms with Crippen LogP contribution in [0.3, 0.4) is 0 Å². The minimum absolute atomic E-state index is 0.0905. The van der Waals surface area contributed by atoms with E-state index in [0.29, 0.717) is 6.42 Å². The Kier molecular flexibility index (Phi) is 37.8. The number of carbonyl (C=O) groups is 7. The molecular formula is C53H93NO13. The van der Waals surface area contributed by atoms with Gasteiger partial charge in [0.25, 0.3) is 0 Å². The van der Waals surface area contributed by atoms with Crippen molar-refractivity contribution in [2.45, 2.75) is 246 Å². The number of carbonyl (C=O) groups excluding carboxylic acids is 7. The molecule has 0 N–H and O–H groups in total. The van der Waals surface area contributed by atoms with E-state index >= 15 is 0 Å². The van der Waals surface area contributed by atoms with E-state index in [1.54, 1.807) is 0 Å². The normalized spacial score (nSPS) is 15.0. The highest BCUT2D eigenvalue weighted by Gasteiger charge is 2.37. The summed E-state index contributed by atoms with van der Waals surface area (Å²) in [5.41, 5.74) is 0. The summed E-state index contributed by atoms with van der Waals surface area (Å²) in [7, 11) is 0. The van der Waals surface area contributed by atoms with Crippen molar-refractivity contribution in [3.63, 3.8) is 0 Å². The summed E-state index contributed by atoms with van der Waals surface area (Å²) in [6, 6.07) is -0.571. The number of hydrogen-bond donors (Lipinski definition) is 0. The first-order valence-corrected chi connectivity index (χ1v) is 26.7. The van der Waals surface area contributed by atoms with Crippen molar-refractivity contribution < 1.29 is 62.0 Å². The molecule has 0 aromatic rings. The summed E-state index contributed by atoms with van der Waals surface area (Å²) < 4.78 is 33.6. The minimum Gasteiger partial charge on any atom is -0.466 e. The average molecular weight is 952 g/mol. The van der Waals surface area contributed by atoms with Gasteiger partial charge in [-0.3, -0.25) is 33.6 Å². The first-order chi connectivity index (χ1) is 32.4. The van der Waals surface area contributed by atoms with Gasteiger partial charge in [0.1, 0.15) is 12.7 Å². The molecule has 0 aliphatic carbocycles. The van der Waals surface area contributed by atoms with Crippen LogP contribution >= 0.6 is 0 Å². The number of likely N-dealkylation sites (tertiary alicyclic amines) is 1. The zero-order valence-electron chi connectivity index (χ0n) is 42.7. The lowest BCUT2D eigenvalue weighted by atomic mass is 10.0. The molecule has 1 heterocycles. The maximum Gasteiger partial charge on any atom is 0.306 e. The van der Waals surface area contributed by atoms with Gasteiger partial charge in [-0.2, -0.15) is 0 Å². The largest absolute Gasteiger partial charge is 0.466 e. The molecule has 0 saturated carbocycles. The van der Waals surface area contributed by atoms with Crippen LogP contribution in [0.5, 0.6) is 0 Å². The number of ether oxygens (including phenoxy) is 6. The number of nitrogens with zero attached hydrogens (tertiary/aromatic N) is 1. The van der Waals surface area contributed by atoms with E-state index < -0.39 is 41.9 Å². The summed E-state index contributed by atoms with van der Waals surface area (Å²) in [5.74, 6) is -4.34. The lowest BCUT2D eigenvalue weighted by Gasteiger charge is -2.23. The van der Waals surface area contributed by atoms with Gasteiger partial charge in [0.15, 0.2) is 0 Å². The quantitative estimate of drug-likeness (QED) is 0.0321. The number of hydrogen-bond acceptors (Lipinski definition) is 13. The number of unbranched alkanes of at least 4 members (excludes halogenated alkanes) is 20. The summed E-state index contributed by atoms with van der Waals surface area (Å²) >= 11 is 0. The number of esters is 6. The van der Waals surface area contributed by atoms with E-state index in [0.717, 1.165) is 122 Å². The van der Waals surface area contributed by atoms with Crippen LogP contribution in [0.25, 0.3) is 0 Å². The van der Waals surface area contributed by atoms with Crippen molar-refractivity contribution in [2.24, 2.45) is 11.8 Å². The van der Waals surface area contributed by atoms with Crippen LogP contribution in [-0.2, 0) is 62.0 Å². The standard InChI is InChI=1S/C53H93NO13/c1-6-10-14-18-22-26-30-48(56)63-39-44(34-51(59)62-33-29-25-21-17-13-9-4)35-53(61)67-47-37-46(54(38-47)43(5)55)42-66-52(60)36-45(40-64-49(57)31-27-23-19-15-11-7-2)41-65-50(58)32-28-24-20-16-12-8-3/h44-47H,6-42H2,1-5H3. The third-order valence-electron chi connectivity index (χ3n) is 12.3. The van der Waals surface area contributed by atoms with Crippen molar-refractivity contribution in [1.29, 1.82) is 0 Å². The van der Waals surface area contributed by atoms with Crippen LogP contribution in [0.4, 0.5) is 0 Å². The molecule has 3 atom stereocenters. The van der Waals surface area contributed by atoms with Crippen molar-refractivity contribution >= 4 is 41.7 Å². The summed E-state index contributed by atoms with van der Waals surface area (Å²) in [6.45, 7) is 9.89. The monoisotopic (exact) mass is 952 g/mol. The van der Waals surface area contributed by atoms with Gasteiger partial charge in [-0.1, -0.05) is 156 Å². The zero-order chi connectivity index (χ0) is 49.3. The Labute approximate surface area is 404 Å². The third kappa shape index (κ3) is 34.3. The van der Waals surface area contributed by atoms with Crippen LogP contribution < -0.4 is 0 Å². The molecule has 0 aromatic carbocycles. The van der Waals surface area contributed by atoms with Gasteiger partial charge in [0, 0.05) is 44.4 Å². The minimum atomic E-state index is -0.694. The summed E-state index contributed by atoms with van der Waals surface area (Å²) in [6.07, 6.45) is 24.6. The van der Waals surface area contributed by atoms with Gasteiger partial charge in [-0.05, 0) is 25.7 Å². The summed E-state index contributed by atoms with van der Waals surface area (Å²) in [4.78, 5) is 91.4. The highest BCUT2D eigenvalue weighted by molar-refractivity contribution is 5.76. The Morgan fingerprint density at radius 3 is 1.25 bits per heavy atom. The molecule has 1 aliphatic heterocycles. The molecule has 14 heteroatoms. The molecule has 1 fully saturated rings. The second kappa shape index (κ2) is 41.3. The zero-order valence-corrected chi connectivity index (χ0v) is 42.7. The molecule has 67 heavy (non-hydrogen) atoms. The van der Waals surface area contributed by atoms with Crippen LogP contribution in [0, 0.1) is 11.8 Å². The van der Waals surface area contributed by atoms with Crippen LogP contribution in [0.2, 0.25) is 0 Å². The Morgan fingerprint density at radius 1 is 0.433 bits per heavy atom. The molecule has 0 spiro atoms. The lowest BCUT2D eigenvalue weighted by molar-refractivity contribution is -0.156. The van der Waals surface area contributed by atoms with Crippen molar-refractivity contribution in [3.8, 4) is 0 Å². The molecule has 1 aliphatic rings. The highest BCUT2D eigenvalue weighted by Crippen LogP contribution is 2.24. The molecule has 1 amide bonds. The smallest absolute Gasteiger partial charge is 0.306 e. The first kappa shape index (κ1) is 61.3. The van der Waals surface area contributed by atoms with Gasteiger partial charge < -0.3 is 33.3 Å². The van der Waals surface area contributed by atoms with Crippen LogP contribution in [0.15, 0.2) is 0 Å². The van der Waals surface area contributed by atoms with E-state index in [2.05, 4.69) is 27.7 Å². The molecule has 388 valence electrons. The topological polar surface area (TPSA) is 178 Å². The molecule has 0 radical (unpaired) electrons. The SMILES string of the molecule is CCCCCCCCOC(=O)CC(COC(=O)CCCCCCCC)CC(=O)OC1CC(COC(=O)CC(COC(=O)CCCCCCCC)COC(=O)CCCCCCCC)N(C(C)=O)C1. The molecule has 14 nitrogen and oxygen atoms in total. The second-order valence-electron chi connectivity index (χ2n) is 18.8. The third-order valence-corrected chi connectivity index (χ3v) is 12.3.